The molecule has 37 heavy (non-hydrogen) atoms. The van der Waals surface area contributed by atoms with Gasteiger partial charge in [0.2, 0.25) is 0 Å². The molecule has 0 saturated heterocycles. The van der Waals surface area contributed by atoms with Gasteiger partial charge in [-0.15, -0.1) is 13.2 Å². The van der Waals surface area contributed by atoms with E-state index >= 15 is 0 Å². The van der Waals surface area contributed by atoms with Gasteiger partial charge in [-0.3, -0.25) is 13.9 Å². The summed E-state index contributed by atoms with van der Waals surface area (Å²) in [6, 6.07) is 10.1. The van der Waals surface area contributed by atoms with Crippen LogP contribution in [-0.2, 0) is 20.1 Å². The van der Waals surface area contributed by atoms with Crippen molar-refractivity contribution < 1.29 is 27.8 Å². The Kier molecular flexibility index (Phi) is 7.62. The summed E-state index contributed by atoms with van der Waals surface area (Å²) < 4.78 is 50.4. The molecule has 1 aliphatic heterocycles. The van der Waals surface area contributed by atoms with Crippen LogP contribution in [0.2, 0.25) is 10.0 Å². The average molecular weight is 561 g/mol. The topological polar surface area (TPSA) is 98.0 Å². The quantitative estimate of drug-likeness (QED) is 0.430. The van der Waals surface area contributed by atoms with E-state index < -0.39 is 29.7 Å². The molecule has 0 bridgehead atoms. The maximum Gasteiger partial charge on any atom is 0.573 e. The Balaban J connectivity index is 1.76. The molecule has 1 unspecified atom stereocenters. The van der Waals surface area contributed by atoms with Crippen LogP contribution < -0.4 is 30.9 Å². The monoisotopic (exact) mass is 560 g/mol. The van der Waals surface area contributed by atoms with Crippen LogP contribution in [-0.4, -0.2) is 33.6 Å². The van der Waals surface area contributed by atoms with E-state index in [2.05, 4.69) is 10.1 Å². The lowest BCUT2D eigenvalue weighted by Crippen LogP contribution is -2.43. The molecular weight excluding hydrogens is 540 g/mol. The number of ether oxygens (including phenoxy) is 2. The number of aromatic nitrogens is 2. The Morgan fingerprint density at radius 2 is 1.73 bits per heavy atom. The molecule has 0 fully saturated rings. The number of nitrogens with one attached hydrogen (secondary N) is 1. The third-order valence-corrected chi connectivity index (χ3v) is 5.96. The number of fused-ring (bicyclic) bond motifs is 1. The first-order valence-electron chi connectivity index (χ1n) is 10.9. The molecule has 1 aliphatic rings. The zero-order valence-electron chi connectivity index (χ0n) is 19.3. The van der Waals surface area contributed by atoms with E-state index in [1.165, 1.54) is 22.6 Å². The number of alkyl halides is 3. The molecule has 198 valence electrons. The number of anilines is 2. The standard InChI is InChI=1S/C23H21Cl2F3N4O5/c1-30-19-18(20(34)31(22(30)35)7-2-8-33)32(12-13-3-5-14(24)6-4-13)21(29-19)36-16-9-15(25)10-17(11-16)37-23(26,27)28/h3-6,9-11,21,29,33H,2,7-8,12H2,1H3. The molecule has 0 spiro atoms. The van der Waals surface area contributed by atoms with Crippen LogP contribution in [0.3, 0.4) is 0 Å². The molecule has 0 saturated carbocycles. The van der Waals surface area contributed by atoms with Gasteiger partial charge in [0.05, 0.1) is 0 Å². The maximum absolute atomic E-state index is 13.4. The molecule has 0 amide bonds. The minimum absolute atomic E-state index is 0.0119. The Labute approximate surface area is 218 Å². The fraction of sp³-hybridized carbons (Fsp3) is 0.304. The summed E-state index contributed by atoms with van der Waals surface area (Å²) >= 11 is 12.0. The molecule has 4 rings (SSSR count). The Hall–Kier alpha value is -3.35. The summed E-state index contributed by atoms with van der Waals surface area (Å²) in [5.41, 5.74) is -0.393. The molecule has 14 heteroatoms. The van der Waals surface area contributed by atoms with Crippen molar-refractivity contribution in [3.63, 3.8) is 0 Å². The van der Waals surface area contributed by atoms with E-state index in [9.17, 15) is 27.9 Å². The predicted molar refractivity (Wildman–Crippen MR) is 131 cm³/mol. The molecule has 0 aliphatic carbocycles. The average Bonchev–Trinajstić information content (AvgIpc) is 3.15. The van der Waals surface area contributed by atoms with Gasteiger partial charge in [-0.2, -0.15) is 0 Å². The number of nitrogens with zero attached hydrogens (tertiary/aromatic N) is 3. The molecule has 9 nitrogen and oxygen atoms in total. The van der Waals surface area contributed by atoms with Gasteiger partial charge in [-0.25, -0.2) is 4.79 Å². The van der Waals surface area contributed by atoms with E-state index in [0.717, 1.165) is 22.3 Å². The van der Waals surface area contributed by atoms with Crippen LogP contribution >= 0.6 is 23.2 Å². The van der Waals surface area contributed by atoms with Crippen LogP contribution in [0.5, 0.6) is 11.5 Å². The highest BCUT2D eigenvalue weighted by molar-refractivity contribution is 6.31. The highest BCUT2D eigenvalue weighted by atomic mass is 35.5. The summed E-state index contributed by atoms with van der Waals surface area (Å²) in [4.78, 5) is 27.8. The number of aliphatic hydroxyl groups excluding tert-OH is 1. The van der Waals surface area contributed by atoms with Crippen LogP contribution in [0.25, 0.3) is 0 Å². The molecule has 3 aromatic rings. The predicted octanol–water partition coefficient (Wildman–Crippen LogP) is 3.93. The lowest BCUT2D eigenvalue weighted by atomic mass is 10.2. The van der Waals surface area contributed by atoms with Crippen LogP contribution in [0, 0.1) is 0 Å². The van der Waals surface area contributed by atoms with Crippen LogP contribution in [0.15, 0.2) is 52.1 Å². The number of hydrogen-bond donors (Lipinski definition) is 2. The summed E-state index contributed by atoms with van der Waals surface area (Å²) in [5, 5.41) is 12.6. The summed E-state index contributed by atoms with van der Waals surface area (Å²) in [5.74, 6) is -0.514. The SMILES string of the molecule is Cn1c2c(c(=O)n(CCCO)c1=O)N(Cc1ccc(Cl)cc1)C(Oc1cc(Cl)cc(OC(F)(F)F)c1)N2. The van der Waals surface area contributed by atoms with Crippen LogP contribution in [0.1, 0.15) is 12.0 Å². The smallest absolute Gasteiger partial charge is 0.452 e. The van der Waals surface area contributed by atoms with Gasteiger partial charge < -0.3 is 24.8 Å². The van der Waals surface area contributed by atoms with Crippen molar-refractivity contribution in [3.8, 4) is 11.5 Å². The molecule has 1 aromatic heterocycles. The van der Waals surface area contributed by atoms with Gasteiger partial charge in [0.15, 0.2) is 0 Å². The second kappa shape index (κ2) is 10.6. The summed E-state index contributed by atoms with van der Waals surface area (Å²) in [6.45, 7) is -0.119. The number of aliphatic hydroxyl groups is 1. The van der Waals surface area contributed by atoms with Crippen molar-refractivity contribution in [1.29, 1.82) is 0 Å². The van der Waals surface area contributed by atoms with E-state index in [1.54, 1.807) is 24.3 Å². The zero-order chi connectivity index (χ0) is 26.9. The highest BCUT2D eigenvalue weighted by Crippen LogP contribution is 2.35. The van der Waals surface area contributed by atoms with Crippen molar-refractivity contribution >= 4 is 34.7 Å². The van der Waals surface area contributed by atoms with Crippen molar-refractivity contribution in [2.75, 3.05) is 16.8 Å². The second-order valence-corrected chi connectivity index (χ2v) is 8.98. The molecular formula is C23H21Cl2F3N4O5. The van der Waals surface area contributed by atoms with Gasteiger partial charge in [-0.05, 0) is 36.2 Å². The van der Waals surface area contributed by atoms with E-state index in [-0.39, 0.29) is 48.4 Å². The fourth-order valence-corrected chi connectivity index (χ4v) is 4.22. The first-order valence-corrected chi connectivity index (χ1v) is 11.7. The number of halogens is 5. The first-order chi connectivity index (χ1) is 17.5. The third-order valence-electron chi connectivity index (χ3n) is 5.49. The molecule has 2 heterocycles. The van der Waals surface area contributed by atoms with Gasteiger partial charge in [0, 0.05) is 42.9 Å². The van der Waals surface area contributed by atoms with Gasteiger partial charge in [0.25, 0.3) is 11.9 Å². The first kappa shape index (κ1) is 26.7. The van der Waals surface area contributed by atoms with E-state index in [1.807, 2.05) is 0 Å². The van der Waals surface area contributed by atoms with Crippen molar-refractivity contribution in [2.24, 2.45) is 7.05 Å². The third kappa shape index (κ3) is 5.97. The van der Waals surface area contributed by atoms with Gasteiger partial charge in [0.1, 0.15) is 23.0 Å². The molecule has 2 N–H and O–H groups in total. The Morgan fingerprint density at radius 1 is 1.05 bits per heavy atom. The number of benzene rings is 2. The zero-order valence-corrected chi connectivity index (χ0v) is 20.8. The lowest BCUT2D eigenvalue weighted by molar-refractivity contribution is -0.274. The van der Waals surface area contributed by atoms with Crippen molar-refractivity contribution in [3.05, 3.63) is 78.9 Å². The largest absolute Gasteiger partial charge is 0.573 e. The summed E-state index contributed by atoms with van der Waals surface area (Å²) in [6.07, 6.45) is -5.87. The normalized spacial score (nSPS) is 14.9. The fourth-order valence-electron chi connectivity index (χ4n) is 3.88. The molecule has 2 aromatic carbocycles. The van der Waals surface area contributed by atoms with Gasteiger partial charge >= 0.3 is 12.1 Å². The Bertz CT molecular complexity index is 1410. The van der Waals surface area contributed by atoms with Crippen molar-refractivity contribution in [2.45, 2.75) is 32.2 Å². The second-order valence-electron chi connectivity index (χ2n) is 8.11. The number of rotatable bonds is 8. The minimum atomic E-state index is -4.94. The van der Waals surface area contributed by atoms with E-state index in [4.69, 9.17) is 27.9 Å². The Morgan fingerprint density at radius 3 is 2.38 bits per heavy atom. The molecule has 0 radical (unpaired) electrons. The van der Waals surface area contributed by atoms with Crippen molar-refractivity contribution in [1.82, 2.24) is 9.13 Å². The lowest BCUT2D eigenvalue weighted by Gasteiger charge is -2.27. The number of hydrogen-bond acceptors (Lipinski definition) is 7. The minimum Gasteiger partial charge on any atom is -0.452 e. The van der Waals surface area contributed by atoms with Crippen LogP contribution in [0.4, 0.5) is 24.7 Å². The molecule has 1 atom stereocenters. The highest BCUT2D eigenvalue weighted by Gasteiger charge is 2.37. The maximum atomic E-state index is 13.4. The summed E-state index contributed by atoms with van der Waals surface area (Å²) in [7, 11) is 1.46. The van der Waals surface area contributed by atoms with E-state index in [0.29, 0.717) is 5.02 Å². The van der Waals surface area contributed by atoms with Gasteiger partial charge in [-0.1, -0.05) is 35.3 Å².